The van der Waals surface area contributed by atoms with Gasteiger partial charge in [-0.25, -0.2) is 13.8 Å². The van der Waals surface area contributed by atoms with Crippen LogP contribution in [0.3, 0.4) is 0 Å². The van der Waals surface area contributed by atoms with Crippen molar-refractivity contribution in [3.05, 3.63) is 80.3 Å². The van der Waals surface area contributed by atoms with Crippen molar-refractivity contribution in [1.29, 1.82) is 0 Å². The van der Waals surface area contributed by atoms with Crippen molar-refractivity contribution < 1.29 is 40.6 Å². The van der Waals surface area contributed by atoms with Crippen molar-refractivity contribution in [2.24, 2.45) is 5.92 Å². The van der Waals surface area contributed by atoms with Crippen molar-refractivity contribution >= 4 is 21.7 Å². The number of carbonyl (C=O) groups is 1. The van der Waals surface area contributed by atoms with E-state index in [1.165, 1.54) is 0 Å². The molecule has 1 N–H and O–H groups in total. The molecule has 1 aromatic carbocycles. The molecule has 2 saturated carbocycles. The second-order valence-corrected chi connectivity index (χ2v) is 12.7. The third-order valence-corrected chi connectivity index (χ3v) is 9.19. The summed E-state index contributed by atoms with van der Waals surface area (Å²) in [5.74, 6) is -3.40. The first-order valence-corrected chi connectivity index (χ1v) is 14.9. The molecule has 3 aromatic rings. The molecule has 44 heavy (non-hydrogen) atoms. The molecule has 3 aliphatic carbocycles. The van der Waals surface area contributed by atoms with Crippen molar-refractivity contribution in [3.8, 4) is 11.8 Å². The van der Waals surface area contributed by atoms with Gasteiger partial charge in [0.15, 0.2) is 11.5 Å². The van der Waals surface area contributed by atoms with Gasteiger partial charge in [0.25, 0.3) is 5.92 Å². The lowest BCUT2D eigenvalue weighted by Gasteiger charge is -2.19. The highest BCUT2D eigenvalue weighted by Crippen LogP contribution is 2.68. The van der Waals surface area contributed by atoms with E-state index in [2.05, 4.69) is 37.9 Å². The Morgan fingerprint density at radius 3 is 2.48 bits per heavy atom. The van der Waals surface area contributed by atoms with Crippen LogP contribution in [0.5, 0.6) is 0 Å². The van der Waals surface area contributed by atoms with Gasteiger partial charge in [0.1, 0.15) is 35.2 Å². The van der Waals surface area contributed by atoms with Gasteiger partial charge < -0.3 is 5.11 Å². The maximum absolute atomic E-state index is 15.0. The zero-order valence-electron chi connectivity index (χ0n) is 23.0. The van der Waals surface area contributed by atoms with Crippen LogP contribution in [0.1, 0.15) is 84.3 Å². The van der Waals surface area contributed by atoms with E-state index >= 15 is 8.78 Å². The number of aliphatic hydroxyl groups is 1. The van der Waals surface area contributed by atoms with Crippen LogP contribution in [0.25, 0.3) is 0 Å². The summed E-state index contributed by atoms with van der Waals surface area (Å²) in [6.45, 7) is -0.856. The summed E-state index contributed by atoms with van der Waals surface area (Å²) >= 11 is 3.39. The van der Waals surface area contributed by atoms with Gasteiger partial charge >= 0.3 is 6.18 Å². The molecule has 0 saturated heterocycles. The van der Waals surface area contributed by atoms with Crippen molar-refractivity contribution in [2.45, 2.75) is 81.0 Å². The summed E-state index contributed by atoms with van der Waals surface area (Å²) < 4.78 is 100. The van der Waals surface area contributed by atoms with E-state index in [4.69, 9.17) is 0 Å². The third kappa shape index (κ3) is 5.90. The summed E-state index contributed by atoms with van der Waals surface area (Å²) in [5.41, 5.74) is -3.29. The standard InChI is InChI=1S/C31H25BrF7N3O2/c32-24-4-3-20(5-8-29(44)6-1-2-7-29)40-26(24)17(9-16-10-18(33)13-19(34)11-16)12-21(43)15-42-28-25(27(41-42)31(37,38)39)22-14-23(22)30(28,35)36/h3-4,10-11,13,17,22-23,44H,1-2,6-7,9,12,14-15H2/t17-,22+,23-/m1/s1. The Bertz CT molecular complexity index is 1680. The molecule has 0 amide bonds. The summed E-state index contributed by atoms with van der Waals surface area (Å²) in [5, 5.41) is 14.0. The van der Waals surface area contributed by atoms with Gasteiger partial charge in [0.05, 0.1) is 5.69 Å². The molecule has 2 heterocycles. The number of fused-ring (bicyclic) bond motifs is 3. The molecule has 0 radical (unpaired) electrons. The molecule has 0 unspecified atom stereocenters. The van der Waals surface area contributed by atoms with Crippen LogP contribution in [-0.2, 0) is 29.9 Å². The number of rotatable bonds is 7. The maximum atomic E-state index is 15.0. The number of pyridine rings is 1. The summed E-state index contributed by atoms with van der Waals surface area (Å²) in [6, 6.07) is 6.03. The monoisotopic (exact) mass is 683 g/mol. The number of hydrogen-bond donors (Lipinski definition) is 1. The predicted molar refractivity (Wildman–Crippen MR) is 147 cm³/mol. The van der Waals surface area contributed by atoms with Gasteiger partial charge in [-0.15, -0.1) is 0 Å². The van der Waals surface area contributed by atoms with Crippen LogP contribution in [0.15, 0.2) is 34.8 Å². The Labute approximate surface area is 256 Å². The number of ketones is 1. The molecular weight excluding hydrogens is 659 g/mol. The topological polar surface area (TPSA) is 68.0 Å². The fourth-order valence-corrected chi connectivity index (χ4v) is 7.00. The average Bonchev–Trinajstić information content (AvgIpc) is 3.36. The number of nitrogens with zero attached hydrogens (tertiary/aromatic N) is 3. The molecule has 3 atom stereocenters. The van der Waals surface area contributed by atoms with Crippen LogP contribution in [0, 0.1) is 29.4 Å². The number of hydrogen-bond acceptors (Lipinski definition) is 4. The molecule has 3 aliphatic rings. The molecule has 2 aromatic heterocycles. The van der Waals surface area contributed by atoms with Crippen LogP contribution in [0.2, 0.25) is 0 Å². The predicted octanol–water partition coefficient (Wildman–Crippen LogP) is 7.19. The first-order valence-electron chi connectivity index (χ1n) is 14.1. The SMILES string of the molecule is O=C(C[C@@H](Cc1cc(F)cc(F)c1)c1nc(C#CC2(O)CCCC2)ccc1Br)Cn1nc(C(F)(F)F)c2c1C(F)(F)[C@@H]1C[C@H]21. The lowest BCUT2D eigenvalue weighted by Crippen LogP contribution is -2.24. The van der Waals surface area contributed by atoms with Crippen LogP contribution >= 0.6 is 15.9 Å². The highest BCUT2D eigenvalue weighted by Gasteiger charge is 2.68. The van der Waals surface area contributed by atoms with Crippen molar-refractivity contribution in [1.82, 2.24) is 14.8 Å². The minimum absolute atomic E-state index is 0.0781. The molecular formula is C31H25BrF7N3O2. The Kier molecular flexibility index (Phi) is 7.68. The van der Waals surface area contributed by atoms with Crippen molar-refractivity contribution in [2.75, 3.05) is 0 Å². The summed E-state index contributed by atoms with van der Waals surface area (Å²) in [4.78, 5) is 17.9. The van der Waals surface area contributed by atoms with E-state index in [1.807, 2.05) is 0 Å². The highest BCUT2D eigenvalue weighted by atomic mass is 79.9. The minimum atomic E-state index is -4.97. The Morgan fingerprint density at radius 2 is 1.82 bits per heavy atom. The summed E-state index contributed by atoms with van der Waals surface area (Å²) in [7, 11) is 0. The van der Waals surface area contributed by atoms with Gasteiger partial charge in [-0.05, 0) is 96.1 Å². The Hall–Kier alpha value is -3.24. The van der Waals surface area contributed by atoms with E-state index in [-0.39, 0.29) is 29.8 Å². The van der Waals surface area contributed by atoms with Gasteiger partial charge in [-0.3, -0.25) is 9.48 Å². The second-order valence-electron chi connectivity index (χ2n) is 11.8. The zero-order chi connectivity index (χ0) is 31.6. The van der Waals surface area contributed by atoms with Gasteiger partial charge in [-0.1, -0.05) is 5.92 Å². The van der Waals surface area contributed by atoms with E-state index in [0.29, 0.717) is 28.1 Å². The average molecular weight is 684 g/mol. The lowest BCUT2D eigenvalue weighted by atomic mass is 9.90. The van der Waals surface area contributed by atoms with Crippen LogP contribution < -0.4 is 0 Å². The largest absolute Gasteiger partial charge is 0.435 e. The maximum Gasteiger partial charge on any atom is 0.435 e. The van der Waals surface area contributed by atoms with E-state index in [9.17, 15) is 31.9 Å². The first kappa shape index (κ1) is 30.8. The quantitative estimate of drug-likeness (QED) is 0.212. The molecule has 0 spiro atoms. The summed E-state index contributed by atoms with van der Waals surface area (Å²) in [6.07, 6.45) is -2.90. The molecule has 5 nitrogen and oxygen atoms in total. The molecule has 232 valence electrons. The van der Waals surface area contributed by atoms with Crippen LogP contribution in [0.4, 0.5) is 30.7 Å². The Morgan fingerprint density at radius 1 is 1.14 bits per heavy atom. The lowest BCUT2D eigenvalue weighted by molar-refractivity contribution is -0.142. The number of benzene rings is 1. The molecule has 6 rings (SSSR count). The smallest absolute Gasteiger partial charge is 0.378 e. The zero-order valence-corrected chi connectivity index (χ0v) is 24.6. The fourth-order valence-electron chi connectivity index (χ4n) is 6.46. The number of aromatic nitrogens is 3. The number of carbonyl (C=O) groups excluding carboxylic acids is 1. The van der Waals surface area contributed by atoms with Crippen LogP contribution in [-0.4, -0.2) is 31.3 Å². The second kappa shape index (κ2) is 11.0. The van der Waals surface area contributed by atoms with Gasteiger partial charge in [-0.2, -0.15) is 27.1 Å². The van der Waals surface area contributed by atoms with E-state index in [0.717, 1.165) is 25.0 Å². The van der Waals surface area contributed by atoms with Gasteiger partial charge in [0.2, 0.25) is 0 Å². The molecule has 13 heteroatoms. The number of alkyl halides is 5. The molecule has 2 fully saturated rings. The van der Waals surface area contributed by atoms with Crippen molar-refractivity contribution in [3.63, 3.8) is 0 Å². The van der Waals surface area contributed by atoms with Gasteiger partial charge in [0, 0.05) is 34.4 Å². The fraction of sp³-hybridized carbons (Fsp3) is 0.452. The minimum Gasteiger partial charge on any atom is -0.378 e. The van der Waals surface area contributed by atoms with E-state index < -0.39 is 82.8 Å². The highest BCUT2D eigenvalue weighted by molar-refractivity contribution is 9.10. The normalized spacial score (nSPS) is 21.8. The third-order valence-electron chi connectivity index (χ3n) is 8.52. The first-order chi connectivity index (χ1) is 20.6. The Balaban J connectivity index is 1.33. The molecule has 0 bridgehead atoms. The number of halogens is 8. The number of Topliss-reactive ketones (excluding diaryl/α,β-unsaturated/α-hetero) is 1. The molecule has 0 aliphatic heterocycles. The van der Waals surface area contributed by atoms with E-state index in [1.54, 1.807) is 12.1 Å².